The lowest BCUT2D eigenvalue weighted by Crippen LogP contribution is -2.15. The molecule has 1 aromatic rings. The maximum atomic E-state index is 11.7. The number of Topliss-reactive ketones (excluding diaryl/α,β-unsaturated/α-hetero) is 1. The molecule has 1 aromatic carbocycles. The Morgan fingerprint density at radius 1 is 1.41 bits per heavy atom. The van der Waals surface area contributed by atoms with E-state index in [0.29, 0.717) is 22.2 Å². The van der Waals surface area contributed by atoms with Crippen molar-refractivity contribution in [1.29, 1.82) is 0 Å². The number of carbonyl (C=O) groups excluding carboxylic acids is 1. The van der Waals surface area contributed by atoms with E-state index in [1.54, 1.807) is 12.1 Å². The third-order valence-electron chi connectivity index (χ3n) is 2.68. The van der Waals surface area contributed by atoms with Crippen molar-refractivity contribution in [2.45, 2.75) is 19.3 Å². The van der Waals surface area contributed by atoms with Gasteiger partial charge in [0.25, 0.3) is 0 Å². The molecule has 5 heteroatoms. The van der Waals surface area contributed by atoms with Gasteiger partial charge < -0.3 is 9.84 Å². The summed E-state index contributed by atoms with van der Waals surface area (Å²) < 4.78 is 5.93. The number of rotatable bonds is 3. The number of ketones is 1. The number of carbonyl (C=O) groups is 2. The second-order valence-corrected chi connectivity index (χ2v) is 4.72. The zero-order chi connectivity index (χ0) is 12.4. The molecule has 0 saturated carbocycles. The van der Waals surface area contributed by atoms with Gasteiger partial charge in [-0.1, -0.05) is 0 Å². The Bertz CT molecular complexity index is 482. The highest BCUT2D eigenvalue weighted by Gasteiger charge is 2.22. The van der Waals surface area contributed by atoms with Crippen molar-refractivity contribution in [2.24, 2.45) is 0 Å². The van der Waals surface area contributed by atoms with Crippen molar-refractivity contribution in [2.75, 3.05) is 6.61 Å². The molecule has 0 amide bonds. The van der Waals surface area contributed by atoms with Crippen LogP contribution in [0.2, 0.25) is 0 Å². The molecule has 0 spiro atoms. The van der Waals surface area contributed by atoms with E-state index in [2.05, 4.69) is 15.9 Å². The van der Waals surface area contributed by atoms with E-state index in [9.17, 15) is 9.59 Å². The van der Waals surface area contributed by atoms with Gasteiger partial charge in [-0.2, -0.15) is 0 Å². The standard InChI is InChI=1S/C12H11BrO4/c13-9-5-4-7-8(2-1-3-10(7)14)12(9)17-6-11(15)16/h4-5H,1-3,6H2,(H,15,16). The number of carboxylic acid groups (broad SMARTS) is 1. The van der Waals surface area contributed by atoms with E-state index in [4.69, 9.17) is 9.84 Å². The number of halogens is 1. The molecule has 1 aliphatic rings. The molecule has 1 aliphatic carbocycles. The molecule has 0 atom stereocenters. The lowest BCUT2D eigenvalue weighted by Gasteiger charge is -2.19. The van der Waals surface area contributed by atoms with E-state index >= 15 is 0 Å². The number of hydrogen-bond donors (Lipinski definition) is 1. The summed E-state index contributed by atoms with van der Waals surface area (Å²) in [5.41, 5.74) is 1.47. The summed E-state index contributed by atoms with van der Waals surface area (Å²) in [5.74, 6) is -0.450. The SMILES string of the molecule is O=C(O)COc1c(Br)ccc2c1CCCC2=O. The highest BCUT2D eigenvalue weighted by molar-refractivity contribution is 9.10. The monoisotopic (exact) mass is 298 g/mol. The van der Waals surface area contributed by atoms with E-state index in [1.807, 2.05) is 0 Å². The third kappa shape index (κ3) is 2.49. The second-order valence-electron chi connectivity index (χ2n) is 3.86. The third-order valence-corrected chi connectivity index (χ3v) is 3.31. The lowest BCUT2D eigenvalue weighted by molar-refractivity contribution is -0.139. The van der Waals surface area contributed by atoms with Crippen molar-refractivity contribution >= 4 is 27.7 Å². The Balaban J connectivity index is 2.39. The number of fused-ring (bicyclic) bond motifs is 1. The van der Waals surface area contributed by atoms with Crippen LogP contribution in [0.4, 0.5) is 0 Å². The number of benzene rings is 1. The van der Waals surface area contributed by atoms with Crippen molar-refractivity contribution in [1.82, 2.24) is 0 Å². The van der Waals surface area contributed by atoms with Crippen LogP contribution in [0.15, 0.2) is 16.6 Å². The van der Waals surface area contributed by atoms with E-state index in [0.717, 1.165) is 18.4 Å². The predicted molar refractivity (Wildman–Crippen MR) is 64.5 cm³/mol. The first-order valence-electron chi connectivity index (χ1n) is 5.28. The van der Waals surface area contributed by atoms with Gasteiger partial charge in [-0.25, -0.2) is 4.79 Å². The average Bonchev–Trinajstić information content (AvgIpc) is 2.27. The highest BCUT2D eigenvalue weighted by atomic mass is 79.9. The molecule has 0 aromatic heterocycles. The molecular weight excluding hydrogens is 288 g/mol. The summed E-state index contributed by atoms with van der Waals surface area (Å²) in [5, 5.41) is 8.61. The number of hydrogen-bond acceptors (Lipinski definition) is 3. The second kappa shape index (κ2) is 4.87. The van der Waals surface area contributed by atoms with E-state index < -0.39 is 12.6 Å². The van der Waals surface area contributed by atoms with E-state index in [1.165, 1.54) is 0 Å². The molecule has 1 N–H and O–H groups in total. The molecule has 17 heavy (non-hydrogen) atoms. The molecule has 0 unspecified atom stereocenters. The topological polar surface area (TPSA) is 63.6 Å². The van der Waals surface area contributed by atoms with Crippen LogP contribution in [-0.4, -0.2) is 23.5 Å². The number of ether oxygens (including phenoxy) is 1. The van der Waals surface area contributed by atoms with Crippen LogP contribution >= 0.6 is 15.9 Å². The fraction of sp³-hybridized carbons (Fsp3) is 0.333. The summed E-state index contributed by atoms with van der Waals surface area (Å²) >= 11 is 3.32. The molecule has 0 radical (unpaired) electrons. The van der Waals surface area contributed by atoms with Crippen LogP contribution in [0.1, 0.15) is 28.8 Å². The Morgan fingerprint density at radius 2 is 2.18 bits per heavy atom. The molecule has 2 rings (SSSR count). The van der Waals surface area contributed by atoms with Gasteiger partial charge >= 0.3 is 5.97 Å². The maximum Gasteiger partial charge on any atom is 0.341 e. The average molecular weight is 299 g/mol. The minimum Gasteiger partial charge on any atom is -0.480 e. The molecule has 0 heterocycles. The van der Waals surface area contributed by atoms with Crippen molar-refractivity contribution < 1.29 is 19.4 Å². The Hall–Kier alpha value is -1.36. The number of aliphatic carboxylic acids is 1. The molecule has 4 nitrogen and oxygen atoms in total. The zero-order valence-corrected chi connectivity index (χ0v) is 10.6. The Morgan fingerprint density at radius 3 is 2.88 bits per heavy atom. The van der Waals surface area contributed by atoms with Crippen molar-refractivity contribution in [3.05, 3.63) is 27.7 Å². The summed E-state index contributed by atoms with van der Waals surface area (Å²) in [4.78, 5) is 22.2. The predicted octanol–water partition coefficient (Wildman–Crippen LogP) is 2.43. The summed E-state index contributed by atoms with van der Waals surface area (Å²) in [6, 6.07) is 3.48. The van der Waals surface area contributed by atoms with Crippen LogP contribution < -0.4 is 4.74 Å². The first-order valence-corrected chi connectivity index (χ1v) is 6.08. The zero-order valence-electron chi connectivity index (χ0n) is 9.03. The number of carboxylic acids is 1. The lowest BCUT2D eigenvalue weighted by atomic mass is 9.90. The quantitative estimate of drug-likeness (QED) is 0.931. The van der Waals surface area contributed by atoms with E-state index in [-0.39, 0.29) is 5.78 Å². The normalized spacial score (nSPS) is 14.3. The molecule has 0 aliphatic heterocycles. The van der Waals surface area contributed by atoms with Gasteiger partial charge in [-0.15, -0.1) is 0 Å². The largest absolute Gasteiger partial charge is 0.480 e. The van der Waals surface area contributed by atoms with Crippen LogP contribution in [-0.2, 0) is 11.2 Å². The Kier molecular flexibility index (Phi) is 3.47. The summed E-state index contributed by atoms with van der Waals surface area (Å²) in [6.07, 6.45) is 2.08. The van der Waals surface area contributed by atoms with Gasteiger partial charge in [0.05, 0.1) is 4.47 Å². The van der Waals surface area contributed by atoms with Gasteiger partial charge in [-0.3, -0.25) is 4.79 Å². The van der Waals surface area contributed by atoms with Gasteiger partial charge in [-0.05, 0) is 40.9 Å². The van der Waals surface area contributed by atoms with Gasteiger partial charge in [0.1, 0.15) is 5.75 Å². The first-order chi connectivity index (χ1) is 8.09. The smallest absolute Gasteiger partial charge is 0.341 e. The molecule has 0 fully saturated rings. The molecule has 0 saturated heterocycles. The van der Waals surface area contributed by atoms with Crippen molar-refractivity contribution in [3.63, 3.8) is 0 Å². The summed E-state index contributed by atoms with van der Waals surface area (Å²) in [6.45, 7) is -0.400. The fourth-order valence-electron chi connectivity index (χ4n) is 1.96. The minimum absolute atomic E-state index is 0.0962. The Labute approximate surface area is 107 Å². The maximum absolute atomic E-state index is 11.7. The van der Waals surface area contributed by atoms with Gasteiger partial charge in [0, 0.05) is 17.5 Å². The minimum atomic E-state index is -1.03. The van der Waals surface area contributed by atoms with Gasteiger partial charge in [0.2, 0.25) is 0 Å². The van der Waals surface area contributed by atoms with Crippen molar-refractivity contribution in [3.8, 4) is 5.75 Å². The highest BCUT2D eigenvalue weighted by Crippen LogP contribution is 2.35. The van der Waals surface area contributed by atoms with Crippen LogP contribution in [0.25, 0.3) is 0 Å². The van der Waals surface area contributed by atoms with Gasteiger partial charge in [0.15, 0.2) is 12.4 Å². The fourth-order valence-corrected chi connectivity index (χ4v) is 2.44. The molecule has 0 bridgehead atoms. The summed E-state index contributed by atoms with van der Waals surface area (Å²) in [7, 11) is 0. The van der Waals surface area contributed by atoms with Crippen LogP contribution in [0.3, 0.4) is 0 Å². The molecular formula is C12H11BrO4. The first kappa shape index (κ1) is 12.1. The molecule has 90 valence electrons. The van der Waals surface area contributed by atoms with Crippen LogP contribution in [0, 0.1) is 0 Å². The van der Waals surface area contributed by atoms with Crippen LogP contribution in [0.5, 0.6) is 5.75 Å².